The van der Waals surface area contributed by atoms with Gasteiger partial charge < -0.3 is 44.4 Å². The Labute approximate surface area is 356 Å². The molecule has 0 unspecified atom stereocenters. The highest BCUT2D eigenvalue weighted by Crippen LogP contribution is 2.45. The standard InChI is InChI=1S/C44H58ClN3O12/c1-25(2)19-34-40(52)57-32(26(3)37-38(59-37)29-16-13-27(14-17-29)23-56-36(50)22-46-42(54)60-43(4,5)6)11-10-12-35(49)48-31(21-28-15-18-33(55-9)30(45)20-28)39(51)47-24-44(7,8)41(53)58-34/h10,12-18,20,25-26,31-32,34,37-38H,11,19,21-24H2,1-9H3,(H,46,54)(H,47,51)(H,48,49)/b12-10+/t26-,31+,32-,34-,37+,38+/m0/s1. The average molecular weight is 856 g/mol. The van der Waals surface area contributed by atoms with Crippen LogP contribution in [0.1, 0.15) is 91.0 Å². The Morgan fingerprint density at radius 2 is 1.68 bits per heavy atom. The number of ether oxygens (including phenoxy) is 6. The molecule has 2 aliphatic heterocycles. The third-order valence-electron chi connectivity index (χ3n) is 9.76. The summed E-state index contributed by atoms with van der Waals surface area (Å²) < 4.78 is 33.7. The molecule has 16 heteroatoms. The van der Waals surface area contributed by atoms with E-state index in [1.54, 1.807) is 71.0 Å². The maximum Gasteiger partial charge on any atom is 0.408 e. The maximum atomic E-state index is 13.8. The van der Waals surface area contributed by atoms with Gasteiger partial charge in [0, 0.05) is 25.3 Å². The molecule has 1 saturated heterocycles. The number of esters is 3. The molecule has 0 aliphatic carbocycles. The summed E-state index contributed by atoms with van der Waals surface area (Å²) in [5.74, 6) is -3.10. The van der Waals surface area contributed by atoms with Crippen LogP contribution in [0.2, 0.25) is 5.02 Å². The van der Waals surface area contributed by atoms with Crippen LogP contribution >= 0.6 is 11.6 Å². The first-order valence-corrected chi connectivity index (χ1v) is 20.4. The van der Waals surface area contributed by atoms with Gasteiger partial charge in [-0.3, -0.25) is 19.2 Å². The molecule has 2 aliphatic rings. The first-order valence-electron chi connectivity index (χ1n) is 20.0. The van der Waals surface area contributed by atoms with Crippen LogP contribution in [0.3, 0.4) is 0 Å². The first kappa shape index (κ1) is 47.5. The number of rotatable bonds is 12. The summed E-state index contributed by atoms with van der Waals surface area (Å²) in [5.41, 5.74) is 0.274. The molecule has 2 aromatic rings. The summed E-state index contributed by atoms with van der Waals surface area (Å²) in [6.07, 6.45) is -0.181. The molecule has 6 atom stereocenters. The largest absolute Gasteiger partial charge is 0.495 e. The Bertz CT molecular complexity index is 1890. The van der Waals surface area contributed by atoms with Crippen molar-refractivity contribution in [2.24, 2.45) is 17.3 Å². The third kappa shape index (κ3) is 14.5. The lowest BCUT2D eigenvalue weighted by Gasteiger charge is -2.29. The molecule has 2 aromatic carbocycles. The van der Waals surface area contributed by atoms with Gasteiger partial charge in [0.2, 0.25) is 11.8 Å². The van der Waals surface area contributed by atoms with Crippen LogP contribution in [-0.4, -0.2) is 86.0 Å². The molecule has 3 amide bonds. The SMILES string of the molecule is COc1ccc(C[C@H]2NC(=O)/C=C/C[C@@H]([C@H](C)[C@H]3O[C@@H]3c3ccc(COC(=O)CNC(=O)OC(C)(C)C)cc3)OC(=O)[C@H](CC(C)C)OC(=O)C(C)(C)CNC2=O)cc1Cl. The highest BCUT2D eigenvalue weighted by atomic mass is 35.5. The molecule has 3 N–H and O–H groups in total. The van der Waals surface area contributed by atoms with E-state index in [-0.39, 0.29) is 63.0 Å². The van der Waals surface area contributed by atoms with Crippen molar-refractivity contribution in [1.29, 1.82) is 0 Å². The van der Waals surface area contributed by atoms with Crippen LogP contribution in [0, 0.1) is 17.3 Å². The van der Waals surface area contributed by atoms with Gasteiger partial charge in [-0.25, -0.2) is 9.59 Å². The molecule has 0 bridgehead atoms. The minimum atomic E-state index is -1.25. The van der Waals surface area contributed by atoms with Crippen LogP contribution in [0.4, 0.5) is 4.79 Å². The number of hydrogen-bond acceptors (Lipinski definition) is 12. The van der Waals surface area contributed by atoms with E-state index in [9.17, 15) is 28.8 Å². The van der Waals surface area contributed by atoms with Crippen LogP contribution < -0.4 is 20.7 Å². The topological polar surface area (TPSA) is 197 Å². The fourth-order valence-corrected chi connectivity index (χ4v) is 6.58. The second kappa shape index (κ2) is 20.9. The average Bonchev–Trinajstić information content (AvgIpc) is 3.97. The zero-order chi connectivity index (χ0) is 44.4. The van der Waals surface area contributed by atoms with Crippen LogP contribution in [0.5, 0.6) is 5.75 Å². The lowest BCUT2D eigenvalue weighted by atomic mass is 9.92. The fraction of sp³-hybridized carbons (Fsp3) is 0.545. The molecule has 4 rings (SSSR count). The molecule has 0 aromatic heterocycles. The Balaban J connectivity index is 1.48. The molecule has 0 saturated carbocycles. The number of halogens is 1. The number of benzene rings is 2. The van der Waals surface area contributed by atoms with Crippen molar-refractivity contribution >= 4 is 47.4 Å². The zero-order valence-corrected chi connectivity index (χ0v) is 36.5. The molecule has 328 valence electrons. The van der Waals surface area contributed by atoms with Crippen LogP contribution in [0.15, 0.2) is 54.6 Å². The second-order valence-electron chi connectivity index (χ2n) is 17.1. The monoisotopic (exact) mass is 855 g/mol. The second-order valence-corrected chi connectivity index (χ2v) is 17.5. The Hall–Kier alpha value is -5.15. The van der Waals surface area contributed by atoms with E-state index in [1.165, 1.54) is 13.2 Å². The summed E-state index contributed by atoms with van der Waals surface area (Å²) in [4.78, 5) is 78.2. The van der Waals surface area contributed by atoms with Crippen molar-refractivity contribution in [2.45, 2.75) is 117 Å². The highest BCUT2D eigenvalue weighted by molar-refractivity contribution is 6.32. The fourth-order valence-electron chi connectivity index (χ4n) is 6.30. The summed E-state index contributed by atoms with van der Waals surface area (Å²) in [6, 6.07) is 11.3. The number of methoxy groups -OCH3 is 1. The quantitative estimate of drug-likeness (QED) is 0.134. The number of cyclic esters (lactones) is 2. The van der Waals surface area contributed by atoms with Gasteiger partial charge in [-0.05, 0) is 81.9 Å². The normalized spacial score (nSPS) is 23.6. The van der Waals surface area contributed by atoms with Gasteiger partial charge >= 0.3 is 24.0 Å². The van der Waals surface area contributed by atoms with E-state index in [0.29, 0.717) is 21.9 Å². The van der Waals surface area contributed by atoms with E-state index >= 15 is 0 Å². The van der Waals surface area contributed by atoms with Crippen LogP contribution in [-0.2, 0) is 60.7 Å². The Kier molecular flexibility index (Phi) is 16.5. The number of amides is 3. The van der Waals surface area contributed by atoms with E-state index in [0.717, 1.165) is 5.56 Å². The lowest BCUT2D eigenvalue weighted by molar-refractivity contribution is -0.179. The first-order chi connectivity index (χ1) is 28.1. The van der Waals surface area contributed by atoms with Crippen molar-refractivity contribution < 1.29 is 57.2 Å². The smallest absolute Gasteiger partial charge is 0.408 e. The summed E-state index contributed by atoms with van der Waals surface area (Å²) in [5, 5.41) is 8.23. The third-order valence-corrected chi connectivity index (χ3v) is 10.1. The number of alkyl carbamates (subject to hydrolysis) is 1. The molecule has 0 spiro atoms. The molecule has 60 heavy (non-hydrogen) atoms. The lowest BCUT2D eigenvalue weighted by Crippen LogP contribution is -2.51. The van der Waals surface area contributed by atoms with Crippen molar-refractivity contribution in [3.05, 3.63) is 76.3 Å². The predicted octanol–water partition coefficient (Wildman–Crippen LogP) is 5.69. The van der Waals surface area contributed by atoms with Gasteiger partial charge in [0.05, 0.1) is 23.7 Å². The van der Waals surface area contributed by atoms with E-state index in [2.05, 4.69) is 16.0 Å². The molecule has 0 radical (unpaired) electrons. The molecular weight excluding hydrogens is 798 g/mol. The van der Waals surface area contributed by atoms with Gasteiger partial charge in [-0.1, -0.05) is 68.8 Å². The van der Waals surface area contributed by atoms with Crippen LogP contribution in [0.25, 0.3) is 0 Å². The van der Waals surface area contributed by atoms with E-state index < -0.39 is 65.1 Å². The van der Waals surface area contributed by atoms with E-state index in [4.69, 9.17) is 40.0 Å². The van der Waals surface area contributed by atoms with Gasteiger partial charge in [-0.2, -0.15) is 0 Å². The van der Waals surface area contributed by atoms with Crippen molar-refractivity contribution in [3.8, 4) is 5.75 Å². The van der Waals surface area contributed by atoms with Gasteiger partial charge in [0.25, 0.3) is 0 Å². The van der Waals surface area contributed by atoms with E-state index in [1.807, 2.05) is 32.9 Å². The Morgan fingerprint density at radius 3 is 2.32 bits per heavy atom. The van der Waals surface area contributed by atoms with Gasteiger partial charge in [0.15, 0.2) is 6.10 Å². The van der Waals surface area contributed by atoms with Crippen molar-refractivity contribution in [2.75, 3.05) is 20.2 Å². The number of carbonyl (C=O) groups is 6. The minimum absolute atomic E-state index is 0.0149. The predicted molar refractivity (Wildman–Crippen MR) is 221 cm³/mol. The molecular formula is C44H58ClN3O12. The van der Waals surface area contributed by atoms with Gasteiger partial charge in [-0.15, -0.1) is 0 Å². The Morgan fingerprint density at radius 1 is 1.00 bits per heavy atom. The zero-order valence-electron chi connectivity index (χ0n) is 35.8. The summed E-state index contributed by atoms with van der Waals surface area (Å²) in [6.45, 7) is 13.5. The summed E-state index contributed by atoms with van der Waals surface area (Å²) >= 11 is 6.35. The van der Waals surface area contributed by atoms with Crippen molar-refractivity contribution in [1.82, 2.24) is 16.0 Å². The number of hydrogen-bond donors (Lipinski definition) is 3. The maximum absolute atomic E-state index is 13.8. The molecule has 1 fully saturated rings. The molecule has 15 nitrogen and oxygen atoms in total. The van der Waals surface area contributed by atoms with Crippen molar-refractivity contribution in [3.63, 3.8) is 0 Å². The number of nitrogens with one attached hydrogen (secondary N) is 3. The molecule has 2 heterocycles. The summed E-state index contributed by atoms with van der Waals surface area (Å²) in [7, 11) is 1.49. The number of epoxide rings is 1. The van der Waals surface area contributed by atoms with Gasteiger partial charge in [0.1, 0.15) is 42.8 Å². The highest BCUT2D eigenvalue weighted by Gasteiger charge is 2.48. The minimum Gasteiger partial charge on any atom is -0.495 e. The number of carbonyl (C=O) groups excluding carboxylic acids is 6.